The maximum absolute atomic E-state index is 12.7. The number of H-pyrrole nitrogens is 1. The van der Waals surface area contributed by atoms with Gasteiger partial charge in [0, 0.05) is 18.8 Å². The van der Waals surface area contributed by atoms with Crippen molar-refractivity contribution in [3.05, 3.63) is 38.2 Å². The lowest BCUT2D eigenvalue weighted by Crippen LogP contribution is -2.33. The molecular formula is C18H27N5O3. The summed E-state index contributed by atoms with van der Waals surface area (Å²) in [5, 5.41) is 3.01. The number of nitrogens with zero attached hydrogens (tertiary/aromatic N) is 3. The van der Waals surface area contributed by atoms with E-state index in [2.05, 4.69) is 15.3 Å². The van der Waals surface area contributed by atoms with E-state index in [0.717, 1.165) is 13.0 Å². The fourth-order valence-electron chi connectivity index (χ4n) is 2.75. The lowest BCUT2D eigenvalue weighted by molar-refractivity contribution is 0.0953. The summed E-state index contributed by atoms with van der Waals surface area (Å²) < 4.78 is 1.38. The number of aryl methyl sites for hydroxylation is 1. The zero-order chi connectivity index (χ0) is 19.4. The van der Waals surface area contributed by atoms with Crippen LogP contribution < -0.4 is 16.6 Å². The highest BCUT2D eigenvalue weighted by Gasteiger charge is 2.19. The van der Waals surface area contributed by atoms with Gasteiger partial charge in [-0.25, -0.2) is 9.78 Å². The number of fused-ring (bicyclic) bond motifs is 1. The molecule has 2 N–H and O–H groups in total. The highest BCUT2D eigenvalue weighted by Crippen LogP contribution is 2.19. The molecule has 0 bridgehead atoms. The number of hydrogen-bond donors (Lipinski definition) is 2. The average molecular weight is 361 g/mol. The van der Waals surface area contributed by atoms with Crippen LogP contribution in [0.1, 0.15) is 49.2 Å². The molecule has 2 heterocycles. The first-order valence-corrected chi connectivity index (χ1v) is 8.87. The summed E-state index contributed by atoms with van der Waals surface area (Å²) in [7, 11) is 3.94. The zero-order valence-corrected chi connectivity index (χ0v) is 16.0. The first-order valence-electron chi connectivity index (χ1n) is 8.87. The molecule has 0 spiro atoms. The molecule has 0 fully saturated rings. The topological polar surface area (TPSA) is 100 Å². The quantitative estimate of drug-likeness (QED) is 0.714. The van der Waals surface area contributed by atoms with Gasteiger partial charge in [-0.3, -0.25) is 19.1 Å². The van der Waals surface area contributed by atoms with Gasteiger partial charge in [0.05, 0.1) is 10.9 Å². The second kappa shape index (κ2) is 8.27. The molecule has 0 aliphatic carbocycles. The molecular weight excluding hydrogens is 334 g/mol. The number of carbonyl (C=O) groups excluding carboxylic acids is 1. The lowest BCUT2D eigenvalue weighted by Gasteiger charge is -2.14. The average Bonchev–Trinajstić information content (AvgIpc) is 2.57. The minimum atomic E-state index is -0.587. The number of aromatic nitrogens is 3. The van der Waals surface area contributed by atoms with Gasteiger partial charge in [-0.1, -0.05) is 13.8 Å². The molecule has 2 aromatic rings. The van der Waals surface area contributed by atoms with E-state index in [1.54, 1.807) is 13.0 Å². The Kier molecular flexibility index (Phi) is 6.31. The van der Waals surface area contributed by atoms with Crippen molar-refractivity contribution in [3.8, 4) is 0 Å². The second-order valence-corrected chi connectivity index (χ2v) is 6.86. The predicted molar refractivity (Wildman–Crippen MR) is 102 cm³/mol. The van der Waals surface area contributed by atoms with E-state index in [4.69, 9.17) is 0 Å². The van der Waals surface area contributed by atoms with Crippen molar-refractivity contribution in [2.45, 2.75) is 39.7 Å². The third-order valence-corrected chi connectivity index (χ3v) is 4.19. The van der Waals surface area contributed by atoms with Gasteiger partial charge in [-0.2, -0.15) is 0 Å². The van der Waals surface area contributed by atoms with Crippen LogP contribution in [0, 0.1) is 0 Å². The van der Waals surface area contributed by atoms with E-state index in [9.17, 15) is 14.4 Å². The van der Waals surface area contributed by atoms with Crippen LogP contribution in [-0.2, 0) is 6.54 Å². The van der Waals surface area contributed by atoms with E-state index >= 15 is 0 Å². The molecule has 1 amide bonds. The summed E-state index contributed by atoms with van der Waals surface area (Å²) in [6, 6.07) is 1.65. The predicted octanol–water partition coefficient (Wildman–Crippen LogP) is 0.910. The fourth-order valence-corrected chi connectivity index (χ4v) is 2.75. The molecule has 2 rings (SSSR count). The van der Waals surface area contributed by atoms with Crippen molar-refractivity contribution < 1.29 is 4.79 Å². The number of amides is 1. The van der Waals surface area contributed by atoms with Crippen molar-refractivity contribution in [3.63, 3.8) is 0 Å². The third kappa shape index (κ3) is 4.19. The maximum atomic E-state index is 12.7. The maximum Gasteiger partial charge on any atom is 0.329 e. The van der Waals surface area contributed by atoms with Gasteiger partial charge >= 0.3 is 5.69 Å². The Hall–Kier alpha value is -2.48. The van der Waals surface area contributed by atoms with E-state index in [1.807, 2.05) is 32.8 Å². The Morgan fingerprint density at radius 2 is 2.04 bits per heavy atom. The lowest BCUT2D eigenvalue weighted by atomic mass is 10.0. The molecule has 8 heteroatoms. The Labute approximate surface area is 152 Å². The highest BCUT2D eigenvalue weighted by atomic mass is 16.2. The van der Waals surface area contributed by atoms with E-state index in [1.165, 1.54) is 4.57 Å². The molecule has 0 aliphatic rings. The molecule has 0 radical (unpaired) electrons. The molecule has 0 saturated carbocycles. The molecule has 8 nitrogen and oxygen atoms in total. The third-order valence-electron chi connectivity index (χ3n) is 4.19. The summed E-state index contributed by atoms with van der Waals surface area (Å²) in [5.74, 6) is -0.274. The van der Waals surface area contributed by atoms with Crippen molar-refractivity contribution in [2.24, 2.45) is 0 Å². The van der Waals surface area contributed by atoms with Crippen molar-refractivity contribution in [2.75, 3.05) is 27.2 Å². The van der Waals surface area contributed by atoms with Gasteiger partial charge in [-0.05, 0) is 46.0 Å². The van der Waals surface area contributed by atoms with Gasteiger partial charge < -0.3 is 10.2 Å². The van der Waals surface area contributed by atoms with Crippen LogP contribution >= 0.6 is 0 Å². The number of pyridine rings is 1. The number of carbonyl (C=O) groups is 1. The van der Waals surface area contributed by atoms with E-state index < -0.39 is 11.2 Å². The van der Waals surface area contributed by atoms with Gasteiger partial charge in [0.1, 0.15) is 0 Å². The smallest absolute Gasteiger partial charge is 0.329 e. The van der Waals surface area contributed by atoms with Crippen molar-refractivity contribution >= 4 is 16.9 Å². The Bertz CT molecular complexity index is 911. The summed E-state index contributed by atoms with van der Waals surface area (Å²) in [5.41, 5.74) is 0.0766. The Morgan fingerprint density at radius 1 is 1.35 bits per heavy atom. The Balaban J connectivity index is 2.55. The van der Waals surface area contributed by atoms with Gasteiger partial charge in [0.2, 0.25) is 0 Å². The summed E-state index contributed by atoms with van der Waals surface area (Å²) in [6.45, 7) is 7.41. The standard InChI is InChI=1S/C18H27N5O3/c1-6-23-15-14(17(25)21-18(23)26)12(10-13(20-15)11(2)3)16(24)19-8-7-9-22(4)5/h10-11H,6-9H2,1-5H3,(H,19,24)(H,21,25,26). The van der Waals surface area contributed by atoms with Crippen LogP contribution in [0.4, 0.5) is 0 Å². The molecule has 26 heavy (non-hydrogen) atoms. The number of rotatable bonds is 7. The van der Waals surface area contributed by atoms with Crippen molar-refractivity contribution in [1.82, 2.24) is 24.8 Å². The van der Waals surface area contributed by atoms with Crippen LogP contribution in [0.25, 0.3) is 11.0 Å². The minimum Gasteiger partial charge on any atom is -0.352 e. The molecule has 0 aliphatic heterocycles. The zero-order valence-electron chi connectivity index (χ0n) is 16.0. The van der Waals surface area contributed by atoms with Crippen LogP contribution in [-0.4, -0.2) is 52.5 Å². The number of hydrogen-bond acceptors (Lipinski definition) is 5. The molecule has 0 saturated heterocycles. The fraction of sp³-hybridized carbons (Fsp3) is 0.556. The first kappa shape index (κ1) is 19.8. The second-order valence-electron chi connectivity index (χ2n) is 6.86. The van der Waals surface area contributed by atoms with Crippen LogP contribution in [0.15, 0.2) is 15.7 Å². The number of aromatic amines is 1. The normalized spacial score (nSPS) is 11.5. The minimum absolute atomic E-state index is 0.0550. The number of nitrogens with one attached hydrogen (secondary N) is 2. The van der Waals surface area contributed by atoms with E-state index in [0.29, 0.717) is 18.8 Å². The summed E-state index contributed by atoms with van der Waals surface area (Å²) >= 11 is 0. The molecule has 0 atom stereocenters. The highest BCUT2D eigenvalue weighted by molar-refractivity contribution is 6.05. The van der Waals surface area contributed by atoms with Gasteiger partial charge in [-0.15, -0.1) is 0 Å². The summed E-state index contributed by atoms with van der Waals surface area (Å²) in [4.78, 5) is 46.0. The van der Waals surface area contributed by atoms with Crippen LogP contribution in [0.5, 0.6) is 0 Å². The largest absolute Gasteiger partial charge is 0.352 e. The van der Waals surface area contributed by atoms with Crippen molar-refractivity contribution in [1.29, 1.82) is 0 Å². The summed E-state index contributed by atoms with van der Waals surface area (Å²) in [6.07, 6.45) is 0.800. The van der Waals surface area contributed by atoms with Crippen LogP contribution in [0.3, 0.4) is 0 Å². The molecule has 0 unspecified atom stereocenters. The van der Waals surface area contributed by atoms with Gasteiger partial charge in [0.15, 0.2) is 5.65 Å². The monoisotopic (exact) mass is 361 g/mol. The van der Waals surface area contributed by atoms with Crippen LogP contribution in [0.2, 0.25) is 0 Å². The molecule has 2 aromatic heterocycles. The Morgan fingerprint density at radius 3 is 2.62 bits per heavy atom. The molecule has 142 valence electrons. The first-order chi connectivity index (χ1) is 12.3. The molecule has 0 aromatic carbocycles. The SMILES string of the molecule is CCn1c(=O)[nH]c(=O)c2c(C(=O)NCCCN(C)C)cc(C(C)C)nc21. The van der Waals surface area contributed by atoms with Gasteiger partial charge in [0.25, 0.3) is 11.5 Å². The van der Waals surface area contributed by atoms with E-state index in [-0.39, 0.29) is 28.4 Å².